The molecule has 42 heavy (non-hydrogen) atoms. The molecule has 0 saturated heterocycles. The Morgan fingerprint density at radius 3 is 1.76 bits per heavy atom. The van der Waals surface area contributed by atoms with Gasteiger partial charge in [0.15, 0.2) is 5.78 Å². The monoisotopic (exact) mass is 619 g/mol. The molecule has 0 saturated carbocycles. The van der Waals surface area contributed by atoms with Crippen LogP contribution in [0.3, 0.4) is 0 Å². The first kappa shape index (κ1) is 34.6. The van der Waals surface area contributed by atoms with Crippen LogP contribution in [0, 0.1) is 0 Å². The molecule has 0 N–H and O–H groups in total. The van der Waals surface area contributed by atoms with Crippen LogP contribution in [0.1, 0.15) is 53.5 Å². The fraction of sp³-hybridized carbons (Fsp3) is 0.176. The number of halogens is 1. The maximum Gasteiger partial charge on any atom is 0.210 e. The smallest absolute Gasteiger partial charge is 0.210 e. The molecule has 0 unspecified atom stereocenters. The number of hydrogen-bond donors (Lipinski definition) is 0. The molecule has 0 fully saturated rings. The van der Waals surface area contributed by atoms with Gasteiger partial charge in [0, 0.05) is 48.6 Å². The predicted octanol–water partition coefficient (Wildman–Crippen LogP) is 9.32. The molecule has 4 rings (SSSR count). The molecular formula is C34H34ClNO4S2. The van der Waals surface area contributed by atoms with Crippen molar-refractivity contribution >= 4 is 58.7 Å². The van der Waals surface area contributed by atoms with E-state index in [1.807, 2.05) is 105 Å². The normalized spacial score (nSPS) is 10.4. The van der Waals surface area contributed by atoms with Crippen molar-refractivity contribution in [3.63, 3.8) is 0 Å². The second-order valence-electron chi connectivity index (χ2n) is 8.18. The van der Waals surface area contributed by atoms with Crippen LogP contribution in [-0.4, -0.2) is 36.4 Å². The summed E-state index contributed by atoms with van der Waals surface area (Å²) >= 11 is 9.13. The van der Waals surface area contributed by atoms with Crippen molar-refractivity contribution in [2.45, 2.75) is 41.9 Å². The van der Waals surface area contributed by atoms with Gasteiger partial charge in [0.2, 0.25) is 5.78 Å². The standard InChI is InChI=1S/C30H24ClNO3S2.C2H4O.C2H6/c1-35-32-28(19-20-36-25-17-11-24(31)12-18-25)30(34)23-9-15-27(16-10-23)37-26-13-7-22(8-14-26)29(33)21-5-3-2-4-6-21;1-2-3;1-2/h2-18H,19-20H2,1H3;2H,1H3;1-2H3/b32-28+;;. The number of carbonyl (C=O) groups excluding carboxylic acids is 3. The lowest BCUT2D eigenvalue weighted by molar-refractivity contribution is -0.106. The third-order valence-electron chi connectivity index (χ3n) is 5.39. The van der Waals surface area contributed by atoms with E-state index in [1.165, 1.54) is 14.0 Å². The van der Waals surface area contributed by atoms with E-state index in [9.17, 15) is 9.59 Å². The molecule has 4 aromatic carbocycles. The average molecular weight is 620 g/mol. The molecule has 4 aromatic rings. The highest BCUT2D eigenvalue weighted by Crippen LogP contribution is 2.29. The highest BCUT2D eigenvalue weighted by atomic mass is 35.5. The van der Waals surface area contributed by atoms with Crippen LogP contribution >= 0.6 is 35.1 Å². The van der Waals surface area contributed by atoms with E-state index in [1.54, 1.807) is 35.7 Å². The zero-order valence-corrected chi connectivity index (χ0v) is 26.5. The Labute approximate surface area is 261 Å². The number of Topliss-reactive ketones (excluding diaryl/α,β-unsaturated/α-hetero) is 1. The molecule has 5 nitrogen and oxygen atoms in total. The number of hydrogen-bond acceptors (Lipinski definition) is 7. The van der Waals surface area contributed by atoms with Crippen molar-refractivity contribution in [2.75, 3.05) is 12.9 Å². The number of carbonyl (C=O) groups is 3. The Bertz CT molecular complexity index is 1420. The van der Waals surface area contributed by atoms with Crippen molar-refractivity contribution in [3.05, 3.63) is 125 Å². The molecular weight excluding hydrogens is 586 g/mol. The molecule has 0 aromatic heterocycles. The number of ketones is 2. The first-order chi connectivity index (χ1) is 20.4. The fourth-order valence-corrected chi connectivity index (χ4v) is 5.32. The summed E-state index contributed by atoms with van der Waals surface area (Å²) in [4.78, 5) is 42.4. The zero-order chi connectivity index (χ0) is 30.7. The van der Waals surface area contributed by atoms with E-state index in [0.29, 0.717) is 39.6 Å². The van der Waals surface area contributed by atoms with Crippen molar-refractivity contribution in [1.29, 1.82) is 0 Å². The fourth-order valence-electron chi connectivity index (χ4n) is 3.51. The van der Waals surface area contributed by atoms with Crippen LogP contribution in [0.5, 0.6) is 0 Å². The van der Waals surface area contributed by atoms with E-state index in [2.05, 4.69) is 5.16 Å². The number of benzene rings is 4. The van der Waals surface area contributed by atoms with Crippen molar-refractivity contribution in [2.24, 2.45) is 5.16 Å². The molecule has 0 heterocycles. The third kappa shape index (κ3) is 11.3. The molecule has 8 heteroatoms. The molecule has 0 atom stereocenters. The number of oxime groups is 1. The van der Waals surface area contributed by atoms with Gasteiger partial charge in [-0.05, 0) is 79.7 Å². The average Bonchev–Trinajstić information content (AvgIpc) is 3.03. The minimum Gasteiger partial charge on any atom is -0.399 e. The summed E-state index contributed by atoms with van der Waals surface area (Å²) in [6.45, 7) is 5.44. The Morgan fingerprint density at radius 1 is 0.762 bits per heavy atom. The van der Waals surface area contributed by atoms with E-state index < -0.39 is 0 Å². The molecule has 0 radical (unpaired) electrons. The van der Waals surface area contributed by atoms with E-state index in [0.717, 1.165) is 21.0 Å². The second-order valence-corrected chi connectivity index (χ2v) is 10.9. The summed E-state index contributed by atoms with van der Waals surface area (Å²) in [5, 5.41) is 4.67. The molecule has 0 amide bonds. The molecule has 218 valence electrons. The summed E-state index contributed by atoms with van der Waals surface area (Å²) in [6, 6.07) is 31.8. The maximum absolute atomic E-state index is 13.0. The molecule has 0 aliphatic carbocycles. The van der Waals surface area contributed by atoms with Gasteiger partial charge >= 0.3 is 0 Å². The lowest BCUT2D eigenvalue weighted by atomic mass is 10.0. The number of thioether (sulfide) groups is 1. The van der Waals surface area contributed by atoms with Crippen LogP contribution in [-0.2, 0) is 9.63 Å². The predicted molar refractivity (Wildman–Crippen MR) is 176 cm³/mol. The Balaban J connectivity index is 0.00000116. The summed E-state index contributed by atoms with van der Waals surface area (Å²) in [7, 11) is 1.44. The van der Waals surface area contributed by atoms with Crippen molar-refractivity contribution in [3.8, 4) is 0 Å². The quantitative estimate of drug-likeness (QED) is 0.0547. The van der Waals surface area contributed by atoms with Gasteiger partial charge in [-0.3, -0.25) is 9.59 Å². The first-order valence-electron chi connectivity index (χ1n) is 13.4. The van der Waals surface area contributed by atoms with Gasteiger partial charge in [-0.15, -0.1) is 11.8 Å². The maximum atomic E-state index is 13.0. The number of aldehydes is 1. The number of nitrogens with zero attached hydrogens (tertiary/aromatic N) is 1. The highest BCUT2D eigenvalue weighted by Gasteiger charge is 2.16. The van der Waals surface area contributed by atoms with Crippen LogP contribution < -0.4 is 0 Å². The second kappa shape index (κ2) is 19.5. The summed E-state index contributed by atoms with van der Waals surface area (Å²) in [6.07, 6.45) is 1.23. The highest BCUT2D eigenvalue weighted by molar-refractivity contribution is 7.99. The third-order valence-corrected chi connectivity index (χ3v) is 7.67. The topological polar surface area (TPSA) is 72.8 Å². The van der Waals surface area contributed by atoms with E-state index >= 15 is 0 Å². The molecule has 0 aliphatic heterocycles. The molecule has 0 aliphatic rings. The SMILES string of the molecule is CC.CC=O.CO/N=C(\CCSc1ccc(Cl)cc1)C(=O)c1ccc(Sc2ccc(C(=O)c3ccccc3)cc2)cc1. The Hall–Kier alpha value is -3.65. The van der Waals surface area contributed by atoms with Gasteiger partial charge in [-0.2, -0.15) is 0 Å². The lowest BCUT2D eigenvalue weighted by Gasteiger charge is -2.07. The summed E-state index contributed by atoms with van der Waals surface area (Å²) in [5.74, 6) is 0.533. The minimum atomic E-state index is -0.154. The Morgan fingerprint density at radius 2 is 1.24 bits per heavy atom. The van der Waals surface area contributed by atoms with E-state index in [4.69, 9.17) is 21.2 Å². The van der Waals surface area contributed by atoms with Gasteiger partial charge < -0.3 is 9.63 Å². The lowest BCUT2D eigenvalue weighted by Crippen LogP contribution is -2.15. The van der Waals surface area contributed by atoms with Gasteiger partial charge in [-0.25, -0.2) is 0 Å². The van der Waals surface area contributed by atoms with Crippen LogP contribution in [0.15, 0.2) is 123 Å². The van der Waals surface area contributed by atoms with Crippen LogP contribution in [0.25, 0.3) is 0 Å². The van der Waals surface area contributed by atoms with Crippen LogP contribution in [0.2, 0.25) is 5.02 Å². The van der Waals surface area contributed by atoms with Gasteiger partial charge in [0.25, 0.3) is 0 Å². The largest absolute Gasteiger partial charge is 0.399 e. The molecule has 0 bridgehead atoms. The summed E-state index contributed by atoms with van der Waals surface area (Å²) < 4.78 is 0. The number of rotatable bonds is 11. The van der Waals surface area contributed by atoms with Crippen molar-refractivity contribution in [1.82, 2.24) is 0 Å². The van der Waals surface area contributed by atoms with Crippen LogP contribution in [0.4, 0.5) is 0 Å². The van der Waals surface area contributed by atoms with E-state index in [-0.39, 0.29) is 11.6 Å². The minimum absolute atomic E-state index is 0.000100. The first-order valence-corrected chi connectivity index (χ1v) is 15.5. The van der Waals surface area contributed by atoms with Crippen molar-refractivity contribution < 1.29 is 19.2 Å². The van der Waals surface area contributed by atoms with Gasteiger partial charge in [0.05, 0.1) is 0 Å². The van der Waals surface area contributed by atoms with Gasteiger partial charge in [-0.1, -0.05) is 72.7 Å². The Kier molecular flexibility index (Phi) is 16.0. The summed E-state index contributed by atoms with van der Waals surface area (Å²) in [5.41, 5.74) is 2.25. The zero-order valence-electron chi connectivity index (χ0n) is 24.1. The van der Waals surface area contributed by atoms with Gasteiger partial charge in [0.1, 0.15) is 19.1 Å². The molecule has 0 spiro atoms.